The first-order valence-electron chi connectivity index (χ1n) is 8.05. The van der Waals surface area contributed by atoms with Gasteiger partial charge in [-0.2, -0.15) is 0 Å². The Labute approximate surface area is 126 Å². The van der Waals surface area contributed by atoms with E-state index >= 15 is 0 Å². The van der Waals surface area contributed by atoms with Crippen LogP contribution in [0.3, 0.4) is 0 Å². The molecule has 3 heterocycles. The second-order valence-electron chi connectivity index (χ2n) is 6.15. The molecule has 0 saturated carbocycles. The van der Waals surface area contributed by atoms with Crippen LogP contribution in [-0.4, -0.2) is 54.5 Å². The van der Waals surface area contributed by atoms with E-state index in [9.17, 15) is 4.79 Å². The van der Waals surface area contributed by atoms with E-state index in [1.165, 1.54) is 6.42 Å². The minimum atomic E-state index is -0.261. The van der Waals surface area contributed by atoms with Gasteiger partial charge >= 0.3 is 0 Å². The fourth-order valence-electron chi connectivity index (χ4n) is 3.39. The predicted molar refractivity (Wildman–Crippen MR) is 80.9 cm³/mol. The number of carbonyl (C=O) groups excluding carboxylic acids is 1. The van der Waals surface area contributed by atoms with Gasteiger partial charge in [0.1, 0.15) is 11.8 Å². The number of hydrogen-bond acceptors (Lipinski definition) is 4. The van der Waals surface area contributed by atoms with Crippen molar-refractivity contribution in [2.45, 2.75) is 38.3 Å². The minimum Gasteiger partial charge on any atom is -0.467 e. The molecule has 0 bridgehead atoms. The third kappa shape index (κ3) is 3.30. The van der Waals surface area contributed by atoms with Crippen LogP contribution in [-0.2, 0) is 4.79 Å². The quantitative estimate of drug-likeness (QED) is 0.919. The maximum atomic E-state index is 13.0. The normalized spacial score (nSPS) is 25.8. The van der Waals surface area contributed by atoms with Crippen LogP contribution < -0.4 is 5.32 Å². The van der Waals surface area contributed by atoms with Crippen LogP contribution in [0.4, 0.5) is 0 Å². The molecule has 21 heavy (non-hydrogen) atoms. The summed E-state index contributed by atoms with van der Waals surface area (Å²) in [7, 11) is 0. The number of carbonyl (C=O) groups is 1. The van der Waals surface area contributed by atoms with Crippen LogP contribution in [0.15, 0.2) is 22.8 Å². The van der Waals surface area contributed by atoms with Crippen LogP contribution in [0, 0.1) is 0 Å². The van der Waals surface area contributed by atoms with E-state index < -0.39 is 0 Å². The number of nitrogens with zero attached hydrogens (tertiary/aromatic N) is 2. The molecule has 0 aliphatic carbocycles. The van der Waals surface area contributed by atoms with E-state index in [1.54, 1.807) is 6.26 Å². The standard InChI is InChI=1S/C16H25N3O2/c1-13-12-19(10-7-17-13)15(14-6-5-11-21-14)16(20)18-8-3-2-4-9-18/h5-6,11,13,15,17H,2-4,7-10,12H2,1H3. The van der Waals surface area contributed by atoms with Gasteiger partial charge in [0.2, 0.25) is 5.91 Å². The molecule has 2 fully saturated rings. The SMILES string of the molecule is CC1CN(C(C(=O)N2CCCCC2)c2ccco2)CCN1. The second kappa shape index (κ2) is 6.62. The molecule has 1 amide bonds. The van der Waals surface area contributed by atoms with E-state index in [4.69, 9.17) is 4.42 Å². The van der Waals surface area contributed by atoms with Gasteiger partial charge < -0.3 is 14.6 Å². The average Bonchev–Trinajstić information content (AvgIpc) is 3.02. The zero-order valence-corrected chi connectivity index (χ0v) is 12.8. The van der Waals surface area contributed by atoms with Crippen LogP contribution in [0.2, 0.25) is 0 Å². The molecule has 0 spiro atoms. The number of likely N-dealkylation sites (tertiary alicyclic amines) is 1. The predicted octanol–water partition coefficient (Wildman–Crippen LogP) is 1.63. The molecule has 2 atom stereocenters. The first-order valence-corrected chi connectivity index (χ1v) is 8.05. The number of amides is 1. The highest BCUT2D eigenvalue weighted by atomic mass is 16.3. The summed E-state index contributed by atoms with van der Waals surface area (Å²) in [5, 5.41) is 3.43. The van der Waals surface area contributed by atoms with Crippen LogP contribution in [0.25, 0.3) is 0 Å². The second-order valence-corrected chi connectivity index (χ2v) is 6.15. The molecule has 1 aromatic rings. The van der Waals surface area contributed by atoms with Crippen molar-refractivity contribution in [2.75, 3.05) is 32.7 Å². The van der Waals surface area contributed by atoms with E-state index in [0.717, 1.165) is 51.3 Å². The number of furan rings is 1. The third-order valence-corrected chi connectivity index (χ3v) is 4.48. The highest BCUT2D eigenvalue weighted by molar-refractivity contribution is 5.82. The van der Waals surface area contributed by atoms with Crippen molar-refractivity contribution in [1.82, 2.24) is 15.1 Å². The first-order chi connectivity index (χ1) is 10.3. The number of nitrogens with one attached hydrogen (secondary N) is 1. The van der Waals surface area contributed by atoms with E-state index in [0.29, 0.717) is 6.04 Å². The zero-order valence-electron chi connectivity index (χ0n) is 12.8. The third-order valence-electron chi connectivity index (χ3n) is 4.48. The van der Waals surface area contributed by atoms with Crippen LogP contribution in [0.5, 0.6) is 0 Å². The fourth-order valence-corrected chi connectivity index (χ4v) is 3.39. The summed E-state index contributed by atoms with van der Waals surface area (Å²) in [4.78, 5) is 17.3. The topological polar surface area (TPSA) is 48.7 Å². The largest absolute Gasteiger partial charge is 0.467 e. The summed E-state index contributed by atoms with van der Waals surface area (Å²) in [5.41, 5.74) is 0. The summed E-state index contributed by atoms with van der Waals surface area (Å²) in [6, 6.07) is 3.95. The number of rotatable bonds is 3. The Morgan fingerprint density at radius 1 is 1.33 bits per heavy atom. The Kier molecular flexibility index (Phi) is 4.60. The highest BCUT2D eigenvalue weighted by Gasteiger charge is 2.35. The molecular formula is C16H25N3O2. The molecule has 2 unspecified atom stereocenters. The Morgan fingerprint density at radius 2 is 2.14 bits per heavy atom. The molecule has 0 aromatic carbocycles. The van der Waals surface area contributed by atoms with Gasteiger partial charge in [0, 0.05) is 38.8 Å². The Balaban J connectivity index is 1.80. The van der Waals surface area contributed by atoms with E-state index in [2.05, 4.69) is 17.1 Å². The molecule has 5 heteroatoms. The van der Waals surface area contributed by atoms with Crippen molar-refractivity contribution < 1.29 is 9.21 Å². The van der Waals surface area contributed by atoms with Crippen LogP contribution >= 0.6 is 0 Å². The Hall–Kier alpha value is -1.33. The fraction of sp³-hybridized carbons (Fsp3) is 0.688. The highest BCUT2D eigenvalue weighted by Crippen LogP contribution is 2.26. The van der Waals surface area contributed by atoms with Gasteiger partial charge in [-0.15, -0.1) is 0 Å². The smallest absolute Gasteiger partial charge is 0.247 e. The molecule has 2 aliphatic heterocycles. The Morgan fingerprint density at radius 3 is 2.81 bits per heavy atom. The molecule has 2 aliphatic rings. The molecule has 2 saturated heterocycles. The van der Waals surface area contributed by atoms with Gasteiger partial charge in [0.05, 0.1) is 6.26 Å². The van der Waals surface area contributed by atoms with Crippen molar-refractivity contribution >= 4 is 5.91 Å². The monoisotopic (exact) mass is 291 g/mol. The lowest BCUT2D eigenvalue weighted by molar-refractivity contribution is -0.139. The summed E-state index contributed by atoms with van der Waals surface area (Å²) >= 11 is 0. The minimum absolute atomic E-state index is 0.207. The molecular weight excluding hydrogens is 266 g/mol. The maximum Gasteiger partial charge on any atom is 0.247 e. The van der Waals surface area contributed by atoms with Crippen molar-refractivity contribution in [3.8, 4) is 0 Å². The van der Waals surface area contributed by atoms with Gasteiger partial charge in [-0.25, -0.2) is 0 Å². The molecule has 1 aromatic heterocycles. The summed E-state index contributed by atoms with van der Waals surface area (Å²) in [6.07, 6.45) is 5.14. The molecule has 3 rings (SSSR count). The summed E-state index contributed by atoms with van der Waals surface area (Å²) < 4.78 is 5.59. The molecule has 116 valence electrons. The van der Waals surface area contributed by atoms with E-state index in [1.807, 2.05) is 17.0 Å². The van der Waals surface area contributed by atoms with Gasteiger partial charge in [-0.05, 0) is 38.3 Å². The summed E-state index contributed by atoms with van der Waals surface area (Å²) in [6.45, 7) is 6.62. The summed E-state index contributed by atoms with van der Waals surface area (Å²) in [5.74, 6) is 0.985. The molecule has 5 nitrogen and oxygen atoms in total. The zero-order chi connectivity index (χ0) is 14.7. The van der Waals surface area contributed by atoms with Crippen molar-refractivity contribution in [1.29, 1.82) is 0 Å². The van der Waals surface area contributed by atoms with Crippen LogP contribution in [0.1, 0.15) is 38.0 Å². The Bertz CT molecular complexity index is 454. The van der Waals surface area contributed by atoms with Gasteiger partial charge in [-0.1, -0.05) is 0 Å². The molecule has 0 radical (unpaired) electrons. The maximum absolute atomic E-state index is 13.0. The lowest BCUT2D eigenvalue weighted by Gasteiger charge is -2.39. The van der Waals surface area contributed by atoms with Crippen molar-refractivity contribution in [3.63, 3.8) is 0 Å². The number of piperazine rings is 1. The van der Waals surface area contributed by atoms with Gasteiger partial charge in [0.25, 0.3) is 0 Å². The van der Waals surface area contributed by atoms with E-state index in [-0.39, 0.29) is 11.9 Å². The number of hydrogen-bond donors (Lipinski definition) is 1. The molecule has 1 N–H and O–H groups in total. The lowest BCUT2D eigenvalue weighted by Crippen LogP contribution is -2.54. The average molecular weight is 291 g/mol. The van der Waals surface area contributed by atoms with Gasteiger partial charge in [0.15, 0.2) is 0 Å². The first kappa shape index (κ1) is 14.6. The number of piperidine rings is 1. The van der Waals surface area contributed by atoms with Crippen molar-refractivity contribution in [3.05, 3.63) is 24.2 Å². The van der Waals surface area contributed by atoms with Gasteiger partial charge in [-0.3, -0.25) is 9.69 Å². The van der Waals surface area contributed by atoms with Crippen molar-refractivity contribution in [2.24, 2.45) is 0 Å². The lowest BCUT2D eigenvalue weighted by atomic mass is 10.1.